The quantitative estimate of drug-likeness (QED) is 0.175. The molecular formula is C37H33ClN2O2. The van der Waals surface area contributed by atoms with Gasteiger partial charge in [0.05, 0.1) is 0 Å². The summed E-state index contributed by atoms with van der Waals surface area (Å²) in [7, 11) is 0. The van der Waals surface area contributed by atoms with E-state index in [1.807, 2.05) is 133 Å². The Balaban J connectivity index is 1.64. The van der Waals surface area contributed by atoms with Crippen LogP contribution in [0, 0.1) is 0 Å². The fourth-order valence-electron chi connectivity index (χ4n) is 5.51. The second-order valence-electron chi connectivity index (χ2n) is 10.2. The number of carbonyl (C=O) groups is 2. The maximum Gasteiger partial charge on any atom is 0.248 e. The molecule has 42 heavy (non-hydrogen) atoms. The summed E-state index contributed by atoms with van der Waals surface area (Å²) in [5.41, 5.74) is 3.47. The topological polar surface area (TPSA) is 49.4 Å². The molecule has 0 aliphatic heterocycles. The van der Waals surface area contributed by atoms with Crippen LogP contribution in [0.1, 0.15) is 40.8 Å². The van der Waals surface area contributed by atoms with Crippen LogP contribution in [0.2, 0.25) is 5.02 Å². The van der Waals surface area contributed by atoms with Gasteiger partial charge in [-0.15, -0.1) is 0 Å². The molecule has 5 heteroatoms. The van der Waals surface area contributed by atoms with E-state index in [1.165, 1.54) is 6.92 Å². The van der Waals surface area contributed by atoms with Crippen LogP contribution < -0.4 is 5.32 Å². The van der Waals surface area contributed by atoms with Crippen molar-refractivity contribution < 1.29 is 9.59 Å². The highest BCUT2D eigenvalue weighted by Gasteiger charge is 2.41. The van der Waals surface area contributed by atoms with Crippen molar-refractivity contribution in [1.82, 2.24) is 10.2 Å². The molecule has 0 fully saturated rings. The van der Waals surface area contributed by atoms with E-state index >= 15 is 0 Å². The molecule has 5 aromatic carbocycles. The molecule has 0 aromatic heterocycles. The maximum atomic E-state index is 14.8. The Bertz CT molecular complexity index is 1500. The predicted molar refractivity (Wildman–Crippen MR) is 169 cm³/mol. The summed E-state index contributed by atoms with van der Waals surface area (Å²) in [5.74, 6) is -0.483. The SMILES string of the molecule is CC(=O)N(CCc1ccccc1)C(C(=O)NC(c1ccccc1)(c1ccccc1)c1ccccc1)c1ccc(Cl)cc1. The first-order chi connectivity index (χ1) is 20.5. The zero-order valence-corrected chi connectivity index (χ0v) is 24.2. The Labute approximate surface area is 252 Å². The highest BCUT2D eigenvalue weighted by molar-refractivity contribution is 6.30. The first-order valence-corrected chi connectivity index (χ1v) is 14.4. The van der Waals surface area contributed by atoms with Gasteiger partial charge in [0.15, 0.2) is 0 Å². The second kappa shape index (κ2) is 13.3. The van der Waals surface area contributed by atoms with Crippen molar-refractivity contribution in [3.8, 4) is 0 Å². The Morgan fingerprint density at radius 3 is 1.52 bits per heavy atom. The fraction of sp³-hybridized carbons (Fsp3) is 0.135. The minimum atomic E-state index is -1.02. The molecule has 0 aliphatic carbocycles. The number of nitrogens with zero attached hydrogens (tertiary/aromatic N) is 1. The summed E-state index contributed by atoms with van der Waals surface area (Å²) in [5, 5.41) is 4.02. The Morgan fingerprint density at radius 1 is 0.667 bits per heavy atom. The Kier molecular flexibility index (Phi) is 9.15. The van der Waals surface area contributed by atoms with Crippen molar-refractivity contribution in [2.75, 3.05) is 6.54 Å². The van der Waals surface area contributed by atoms with E-state index in [9.17, 15) is 9.59 Å². The summed E-state index contributed by atoms with van der Waals surface area (Å²) in [6.07, 6.45) is 0.610. The average Bonchev–Trinajstić information content (AvgIpc) is 3.04. The van der Waals surface area contributed by atoms with Crippen molar-refractivity contribution in [3.63, 3.8) is 0 Å². The van der Waals surface area contributed by atoms with Gasteiger partial charge >= 0.3 is 0 Å². The fourth-order valence-corrected chi connectivity index (χ4v) is 5.64. The molecule has 4 nitrogen and oxygen atoms in total. The third-order valence-electron chi connectivity index (χ3n) is 7.57. The zero-order valence-electron chi connectivity index (χ0n) is 23.5. The smallest absolute Gasteiger partial charge is 0.248 e. The van der Waals surface area contributed by atoms with Crippen LogP contribution in [0.25, 0.3) is 0 Å². The van der Waals surface area contributed by atoms with Crippen LogP contribution in [0.5, 0.6) is 0 Å². The molecule has 0 spiro atoms. The van der Waals surface area contributed by atoms with Crippen molar-refractivity contribution in [2.45, 2.75) is 24.9 Å². The zero-order chi connectivity index (χ0) is 29.4. The first-order valence-electron chi connectivity index (χ1n) is 14.0. The van der Waals surface area contributed by atoms with Crippen LogP contribution in [-0.4, -0.2) is 23.3 Å². The summed E-state index contributed by atoms with van der Waals surface area (Å²) >= 11 is 6.24. The number of hydrogen-bond donors (Lipinski definition) is 1. The van der Waals surface area contributed by atoms with E-state index in [0.717, 1.165) is 22.3 Å². The van der Waals surface area contributed by atoms with Crippen LogP contribution >= 0.6 is 11.6 Å². The van der Waals surface area contributed by atoms with Gasteiger partial charge in [0.2, 0.25) is 11.8 Å². The number of nitrogens with one attached hydrogen (secondary N) is 1. The monoisotopic (exact) mass is 572 g/mol. The average molecular weight is 573 g/mol. The van der Waals surface area contributed by atoms with E-state index in [1.54, 1.807) is 17.0 Å². The summed E-state index contributed by atoms with van der Waals surface area (Å²) in [6.45, 7) is 1.88. The van der Waals surface area contributed by atoms with E-state index in [4.69, 9.17) is 11.6 Å². The number of halogens is 1. The van der Waals surface area contributed by atoms with Gasteiger partial charge in [0.1, 0.15) is 11.6 Å². The second-order valence-corrected chi connectivity index (χ2v) is 10.7. The van der Waals surface area contributed by atoms with Crippen molar-refractivity contribution in [3.05, 3.63) is 178 Å². The standard InChI is InChI=1S/C37H33ClN2O2/c1-28(41)40(27-26-29-14-6-2-7-15-29)35(30-22-24-34(38)25-23-30)36(42)39-37(31-16-8-3-9-17-31,32-18-10-4-11-19-32)33-20-12-5-13-21-33/h2-25,35H,26-27H2,1H3,(H,39,42). The number of amides is 2. The predicted octanol–water partition coefficient (Wildman–Crippen LogP) is 7.58. The molecule has 0 aliphatic rings. The number of carbonyl (C=O) groups excluding carboxylic acids is 2. The third-order valence-corrected chi connectivity index (χ3v) is 7.82. The van der Waals surface area contributed by atoms with E-state index in [0.29, 0.717) is 23.6 Å². The molecule has 5 aromatic rings. The Hall–Kier alpha value is -4.67. The molecule has 0 heterocycles. The van der Waals surface area contributed by atoms with Gasteiger partial charge < -0.3 is 10.2 Å². The normalized spacial score (nSPS) is 11.9. The van der Waals surface area contributed by atoms with E-state index in [2.05, 4.69) is 5.32 Å². The lowest BCUT2D eigenvalue weighted by molar-refractivity contribution is -0.139. The van der Waals surface area contributed by atoms with E-state index < -0.39 is 11.6 Å². The molecule has 1 unspecified atom stereocenters. The molecule has 5 rings (SSSR count). The molecule has 210 valence electrons. The van der Waals surface area contributed by atoms with Crippen molar-refractivity contribution in [2.24, 2.45) is 0 Å². The van der Waals surface area contributed by atoms with Crippen LogP contribution in [0.4, 0.5) is 0 Å². The molecule has 0 radical (unpaired) electrons. The first kappa shape index (κ1) is 28.8. The lowest BCUT2D eigenvalue weighted by atomic mass is 9.76. The molecule has 1 N–H and O–H groups in total. The molecule has 1 atom stereocenters. The van der Waals surface area contributed by atoms with Gasteiger partial charge in [-0.05, 0) is 46.4 Å². The van der Waals surface area contributed by atoms with Gasteiger partial charge in [-0.2, -0.15) is 0 Å². The van der Waals surface area contributed by atoms with Crippen molar-refractivity contribution >= 4 is 23.4 Å². The minimum absolute atomic E-state index is 0.189. The summed E-state index contributed by atoms with van der Waals surface area (Å²) < 4.78 is 0. The summed E-state index contributed by atoms with van der Waals surface area (Å²) in [4.78, 5) is 29.7. The largest absolute Gasteiger partial charge is 0.336 e. The van der Waals surface area contributed by atoms with Crippen LogP contribution in [0.3, 0.4) is 0 Å². The number of rotatable bonds is 10. The maximum absolute atomic E-state index is 14.8. The summed E-state index contributed by atoms with van der Waals surface area (Å²) in [6, 6.07) is 46.1. The van der Waals surface area contributed by atoms with Crippen molar-refractivity contribution in [1.29, 1.82) is 0 Å². The van der Waals surface area contributed by atoms with Gasteiger partial charge in [0.25, 0.3) is 0 Å². The molecule has 0 saturated heterocycles. The lowest BCUT2D eigenvalue weighted by Crippen LogP contribution is -2.52. The molecule has 2 amide bonds. The van der Waals surface area contributed by atoms with Gasteiger partial charge in [0, 0.05) is 18.5 Å². The lowest BCUT2D eigenvalue weighted by Gasteiger charge is -2.39. The molecule has 0 saturated carbocycles. The van der Waals surface area contributed by atoms with Gasteiger partial charge in [-0.1, -0.05) is 145 Å². The van der Waals surface area contributed by atoms with Gasteiger partial charge in [-0.25, -0.2) is 0 Å². The van der Waals surface area contributed by atoms with Crippen LogP contribution in [-0.2, 0) is 21.5 Å². The Morgan fingerprint density at radius 2 is 1.10 bits per heavy atom. The molecule has 0 bridgehead atoms. The number of hydrogen-bond acceptors (Lipinski definition) is 2. The third kappa shape index (κ3) is 6.29. The highest BCUT2D eigenvalue weighted by atomic mass is 35.5. The minimum Gasteiger partial charge on any atom is -0.336 e. The van der Waals surface area contributed by atoms with E-state index in [-0.39, 0.29) is 11.8 Å². The van der Waals surface area contributed by atoms with Gasteiger partial charge in [-0.3, -0.25) is 9.59 Å². The van der Waals surface area contributed by atoms with Crippen LogP contribution in [0.15, 0.2) is 146 Å². The highest BCUT2D eigenvalue weighted by Crippen LogP contribution is 2.38. The molecular weight excluding hydrogens is 540 g/mol. The number of benzene rings is 5.